The fraction of sp³-hybridized carbons (Fsp3) is 0.632. The Hall–Kier alpha value is -1.95. The van der Waals surface area contributed by atoms with Crippen LogP contribution in [0.15, 0.2) is 24.5 Å². The number of rotatable bonds is 5. The quantitative estimate of drug-likeness (QED) is 0.817. The number of hydrogen-bond acceptors (Lipinski definition) is 4. The van der Waals surface area contributed by atoms with Gasteiger partial charge in [0.05, 0.1) is 0 Å². The van der Waals surface area contributed by atoms with Crippen molar-refractivity contribution < 1.29 is 14.3 Å². The minimum absolute atomic E-state index is 0.0808. The molecule has 0 unspecified atom stereocenters. The lowest BCUT2D eigenvalue weighted by molar-refractivity contribution is -0.144. The molecule has 0 bridgehead atoms. The van der Waals surface area contributed by atoms with Crippen molar-refractivity contribution in [2.45, 2.75) is 39.2 Å². The van der Waals surface area contributed by atoms with Gasteiger partial charge in [-0.25, -0.2) is 0 Å². The van der Waals surface area contributed by atoms with E-state index >= 15 is 0 Å². The monoisotopic (exact) mass is 345 g/mol. The first kappa shape index (κ1) is 17.9. The molecule has 0 N–H and O–H groups in total. The Morgan fingerprint density at radius 1 is 1.24 bits per heavy atom. The van der Waals surface area contributed by atoms with Crippen LogP contribution in [0.2, 0.25) is 0 Å². The van der Waals surface area contributed by atoms with Crippen molar-refractivity contribution in [3.63, 3.8) is 0 Å². The van der Waals surface area contributed by atoms with Gasteiger partial charge in [0.25, 0.3) is 0 Å². The van der Waals surface area contributed by atoms with Crippen molar-refractivity contribution >= 4 is 11.8 Å². The van der Waals surface area contributed by atoms with Crippen molar-refractivity contribution in [1.29, 1.82) is 0 Å². The Balaban J connectivity index is 1.58. The van der Waals surface area contributed by atoms with E-state index in [1.54, 1.807) is 12.4 Å². The van der Waals surface area contributed by atoms with Crippen molar-refractivity contribution in [2.24, 2.45) is 5.41 Å². The number of pyridine rings is 1. The lowest BCUT2D eigenvalue weighted by atomic mass is 9.72. The number of nitrogens with zero attached hydrogens (tertiary/aromatic N) is 3. The van der Waals surface area contributed by atoms with Crippen LogP contribution in [-0.4, -0.2) is 59.4 Å². The summed E-state index contributed by atoms with van der Waals surface area (Å²) in [5.74, 6) is 0.314. The fourth-order valence-corrected chi connectivity index (χ4v) is 3.87. The molecule has 2 amide bonds. The van der Waals surface area contributed by atoms with E-state index in [9.17, 15) is 9.59 Å². The van der Waals surface area contributed by atoms with Crippen molar-refractivity contribution in [2.75, 3.05) is 32.8 Å². The Morgan fingerprint density at radius 2 is 1.96 bits per heavy atom. The van der Waals surface area contributed by atoms with E-state index in [2.05, 4.69) is 4.98 Å². The lowest BCUT2D eigenvalue weighted by Crippen LogP contribution is -2.52. The third kappa shape index (κ3) is 4.37. The molecule has 0 aliphatic carbocycles. The van der Waals surface area contributed by atoms with Crippen LogP contribution in [0.3, 0.4) is 0 Å². The molecule has 1 aromatic heterocycles. The van der Waals surface area contributed by atoms with E-state index in [-0.39, 0.29) is 23.8 Å². The normalized spacial score (nSPS) is 20.1. The van der Waals surface area contributed by atoms with E-state index in [1.807, 2.05) is 28.9 Å². The molecule has 2 aliphatic heterocycles. The zero-order valence-electron chi connectivity index (χ0n) is 14.9. The van der Waals surface area contributed by atoms with Gasteiger partial charge in [-0.1, -0.05) is 0 Å². The Kier molecular flexibility index (Phi) is 5.68. The van der Waals surface area contributed by atoms with Gasteiger partial charge in [0.15, 0.2) is 0 Å². The summed E-state index contributed by atoms with van der Waals surface area (Å²) in [6.45, 7) is 5.62. The van der Waals surface area contributed by atoms with Gasteiger partial charge in [-0.3, -0.25) is 14.6 Å². The molecule has 25 heavy (non-hydrogen) atoms. The summed E-state index contributed by atoms with van der Waals surface area (Å²) < 4.78 is 5.23. The molecule has 1 aromatic rings. The molecule has 6 heteroatoms. The largest absolute Gasteiger partial charge is 0.372 e. The highest BCUT2D eigenvalue weighted by atomic mass is 16.5. The van der Waals surface area contributed by atoms with Crippen molar-refractivity contribution in [3.8, 4) is 0 Å². The van der Waals surface area contributed by atoms with Gasteiger partial charge >= 0.3 is 0 Å². The summed E-state index contributed by atoms with van der Waals surface area (Å²) in [6.07, 6.45) is 7.00. The van der Waals surface area contributed by atoms with Crippen LogP contribution in [0.4, 0.5) is 0 Å². The SMILES string of the molecule is CCOCC(=O)N1CCC2(CCC(=O)N(Cc3ccncc3)C2)CC1. The number of amides is 2. The second-order valence-corrected chi connectivity index (χ2v) is 7.12. The summed E-state index contributed by atoms with van der Waals surface area (Å²) in [5, 5.41) is 0. The van der Waals surface area contributed by atoms with E-state index in [4.69, 9.17) is 4.74 Å². The van der Waals surface area contributed by atoms with Crippen LogP contribution >= 0.6 is 0 Å². The zero-order chi connectivity index (χ0) is 17.7. The Morgan fingerprint density at radius 3 is 2.64 bits per heavy atom. The highest BCUT2D eigenvalue weighted by Gasteiger charge is 2.41. The van der Waals surface area contributed by atoms with Gasteiger partial charge in [0.2, 0.25) is 11.8 Å². The van der Waals surface area contributed by atoms with Crippen molar-refractivity contribution in [3.05, 3.63) is 30.1 Å². The molecule has 2 saturated heterocycles. The van der Waals surface area contributed by atoms with Crippen LogP contribution in [0.5, 0.6) is 0 Å². The highest BCUT2D eigenvalue weighted by Crippen LogP contribution is 2.40. The molecular formula is C19H27N3O3. The van der Waals surface area contributed by atoms with Gasteiger partial charge < -0.3 is 14.5 Å². The predicted molar refractivity (Wildman–Crippen MR) is 93.6 cm³/mol. The number of ether oxygens (including phenoxy) is 1. The first-order valence-corrected chi connectivity index (χ1v) is 9.14. The molecule has 2 fully saturated rings. The maximum absolute atomic E-state index is 12.3. The van der Waals surface area contributed by atoms with E-state index in [1.165, 1.54) is 0 Å². The number of hydrogen-bond donors (Lipinski definition) is 0. The van der Waals surface area contributed by atoms with E-state index in [0.29, 0.717) is 19.6 Å². The summed E-state index contributed by atoms with van der Waals surface area (Å²) >= 11 is 0. The summed E-state index contributed by atoms with van der Waals surface area (Å²) in [5.41, 5.74) is 1.27. The predicted octanol–water partition coefficient (Wildman–Crippen LogP) is 1.85. The van der Waals surface area contributed by atoms with Gasteiger partial charge in [-0.15, -0.1) is 0 Å². The number of carbonyl (C=O) groups excluding carboxylic acids is 2. The number of aromatic nitrogens is 1. The van der Waals surface area contributed by atoms with Gasteiger partial charge in [-0.05, 0) is 49.3 Å². The fourth-order valence-electron chi connectivity index (χ4n) is 3.87. The van der Waals surface area contributed by atoms with Crippen molar-refractivity contribution in [1.82, 2.24) is 14.8 Å². The van der Waals surface area contributed by atoms with E-state index in [0.717, 1.165) is 44.5 Å². The van der Waals surface area contributed by atoms with Crippen LogP contribution in [0.1, 0.15) is 38.2 Å². The topological polar surface area (TPSA) is 62.7 Å². The summed E-state index contributed by atoms with van der Waals surface area (Å²) in [7, 11) is 0. The minimum Gasteiger partial charge on any atom is -0.372 e. The molecular weight excluding hydrogens is 318 g/mol. The maximum Gasteiger partial charge on any atom is 0.248 e. The van der Waals surface area contributed by atoms with Gasteiger partial charge in [-0.2, -0.15) is 0 Å². The third-order valence-corrected chi connectivity index (χ3v) is 5.48. The molecule has 3 rings (SSSR count). The highest BCUT2D eigenvalue weighted by molar-refractivity contribution is 5.78. The smallest absolute Gasteiger partial charge is 0.248 e. The minimum atomic E-state index is 0.0808. The molecule has 6 nitrogen and oxygen atoms in total. The maximum atomic E-state index is 12.3. The molecule has 136 valence electrons. The first-order valence-electron chi connectivity index (χ1n) is 9.14. The summed E-state index contributed by atoms with van der Waals surface area (Å²) in [6, 6.07) is 3.92. The summed E-state index contributed by atoms with van der Waals surface area (Å²) in [4.78, 5) is 32.4. The van der Waals surface area contributed by atoms with Crippen LogP contribution in [0, 0.1) is 5.41 Å². The second-order valence-electron chi connectivity index (χ2n) is 7.12. The first-order chi connectivity index (χ1) is 12.1. The third-order valence-electron chi connectivity index (χ3n) is 5.48. The number of piperidine rings is 2. The lowest BCUT2D eigenvalue weighted by Gasteiger charge is -2.47. The van der Waals surface area contributed by atoms with Gasteiger partial charge in [0.1, 0.15) is 6.61 Å². The molecule has 0 radical (unpaired) electrons. The van der Waals surface area contributed by atoms with Gasteiger partial charge in [0, 0.05) is 51.6 Å². The number of carbonyl (C=O) groups is 2. The Bertz CT molecular complexity index is 597. The molecule has 0 saturated carbocycles. The molecule has 0 atom stereocenters. The van der Waals surface area contributed by atoms with Crippen LogP contribution in [0.25, 0.3) is 0 Å². The average Bonchev–Trinajstić information content (AvgIpc) is 2.64. The second kappa shape index (κ2) is 7.95. The van der Waals surface area contributed by atoms with Crippen LogP contribution < -0.4 is 0 Å². The standard InChI is InChI=1S/C19H27N3O3/c1-2-25-14-18(24)21-11-7-19(8-12-21)6-3-17(23)22(15-19)13-16-4-9-20-10-5-16/h4-5,9-10H,2-3,6-8,11-15H2,1H3. The zero-order valence-corrected chi connectivity index (χ0v) is 14.9. The molecule has 0 aromatic carbocycles. The van der Waals surface area contributed by atoms with E-state index < -0.39 is 0 Å². The molecule has 3 heterocycles. The molecule has 2 aliphatic rings. The number of likely N-dealkylation sites (tertiary alicyclic amines) is 2. The average molecular weight is 345 g/mol. The Labute approximate surface area is 149 Å². The molecule has 1 spiro atoms. The van der Waals surface area contributed by atoms with Crippen LogP contribution in [-0.2, 0) is 20.9 Å².